The number of nitrogens with one attached hydrogen (secondary N) is 2. The van der Waals surface area contributed by atoms with Gasteiger partial charge in [-0.05, 0) is 80.9 Å². The molecule has 0 unspecified atom stereocenters. The van der Waals surface area contributed by atoms with Crippen molar-refractivity contribution in [3.05, 3.63) is 64.7 Å². The summed E-state index contributed by atoms with van der Waals surface area (Å²) in [7, 11) is 0. The number of rotatable bonds is 9. The van der Waals surface area contributed by atoms with Crippen molar-refractivity contribution in [2.45, 2.75) is 39.0 Å². The Morgan fingerprint density at radius 3 is 2.61 bits per heavy atom. The Labute approximate surface area is 202 Å². The highest BCUT2D eigenvalue weighted by atomic mass is 35.5. The van der Waals surface area contributed by atoms with Crippen molar-refractivity contribution >= 4 is 29.2 Å². The monoisotopic (exact) mass is 470 g/mol. The fraction of sp³-hybridized carbons (Fsp3) is 0.462. The van der Waals surface area contributed by atoms with Crippen molar-refractivity contribution in [1.29, 1.82) is 0 Å². The van der Waals surface area contributed by atoms with E-state index in [4.69, 9.17) is 11.6 Å². The van der Waals surface area contributed by atoms with E-state index in [0.29, 0.717) is 23.7 Å². The second-order valence-electron chi connectivity index (χ2n) is 8.48. The highest BCUT2D eigenvalue weighted by molar-refractivity contribution is 6.30. The smallest absolute Gasteiger partial charge is 0.321 e. The minimum atomic E-state index is -0.107. The van der Waals surface area contributed by atoms with E-state index in [2.05, 4.69) is 35.4 Å². The molecule has 1 atom stereocenters. The van der Waals surface area contributed by atoms with Crippen LogP contribution in [0.1, 0.15) is 54.9 Å². The van der Waals surface area contributed by atoms with Gasteiger partial charge in [0.05, 0.1) is 0 Å². The maximum absolute atomic E-state index is 12.8. The fourth-order valence-electron chi connectivity index (χ4n) is 4.25. The van der Waals surface area contributed by atoms with Crippen LogP contribution in [0.5, 0.6) is 0 Å². The van der Waals surface area contributed by atoms with Gasteiger partial charge in [0.15, 0.2) is 0 Å². The predicted molar refractivity (Wildman–Crippen MR) is 135 cm³/mol. The van der Waals surface area contributed by atoms with Gasteiger partial charge in [0.2, 0.25) is 0 Å². The van der Waals surface area contributed by atoms with Gasteiger partial charge in [0, 0.05) is 41.8 Å². The maximum Gasteiger partial charge on any atom is 0.321 e. The first-order chi connectivity index (χ1) is 16.0. The van der Waals surface area contributed by atoms with Crippen LogP contribution in [0, 0.1) is 0 Å². The number of nitrogens with zero attached hydrogens (tertiary/aromatic N) is 2. The minimum Gasteiger partial charge on any atom is -0.352 e. The summed E-state index contributed by atoms with van der Waals surface area (Å²) in [5.41, 5.74) is 2.51. The van der Waals surface area contributed by atoms with Gasteiger partial charge in [-0.3, -0.25) is 4.79 Å². The molecular formula is C26H35ClN4O2. The van der Waals surface area contributed by atoms with Crippen molar-refractivity contribution in [3.63, 3.8) is 0 Å². The average molecular weight is 471 g/mol. The third-order valence-corrected chi connectivity index (χ3v) is 6.51. The molecule has 2 N–H and O–H groups in total. The molecule has 0 aromatic heterocycles. The van der Waals surface area contributed by atoms with Crippen LogP contribution in [-0.2, 0) is 0 Å². The van der Waals surface area contributed by atoms with Gasteiger partial charge >= 0.3 is 6.03 Å². The Morgan fingerprint density at radius 2 is 1.88 bits per heavy atom. The summed E-state index contributed by atoms with van der Waals surface area (Å²) in [6, 6.07) is 14.8. The minimum absolute atomic E-state index is 0.0375. The summed E-state index contributed by atoms with van der Waals surface area (Å²) in [6.45, 7) is 9.38. The lowest BCUT2D eigenvalue weighted by Crippen LogP contribution is -2.41. The van der Waals surface area contributed by atoms with Gasteiger partial charge < -0.3 is 20.4 Å². The zero-order chi connectivity index (χ0) is 23.6. The lowest BCUT2D eigenvalue weighted by molar-refractivity contribution is 0.0951. The molecule has 0 radical (unpaired) electrons. The predicted octanol–water partition coefficient (Wildman–Crippen LogP) is 5.21. The molecule has 0 saturated carbocycles. The van der Waals surface area contributed by atoms with Crippen LogP contribution in [0.4, 0.5) is 10.5 Å². The Bertz CT molecular complexity index is 915. The second kappa shape index (κ2) is 12.6. The van der Waals surface area contributed by atoms with Gasteiger partial charge in [0.25, 0.3) is 5.91 Å². The van der Waals surface area contributed by atoms with Crippen LogP contribution < -0.4 is 10.6 Å². The normalized spacial score (nSPS) is 16.0. The van der Waals surface area contributed by atoms with Crippen molar-refractivity contribution < 1.29 is 9.59 Å². The third-order valence-electron chi connectivity index (χ3n) is 6.26. The van der Waals surface area contributed by atoms with E-state index < -0.39 is 0 Å². The summed E-state index contributed by atoms with van der Waals surface area (Å²) in [5.74, 6) is 0.176. The molecule has 1 aliphatic rings. The highest BCUT2D eigenvalue weighted by Gasteiger charge is 2.25. The average Bonchev–Trinajstić information content (AvgIpc) is 2.85. The van der Waals surface area contributed by atoms with Crippen LogP contribution >= 0.6 is 11.6 Å². The van der Waals surface area contributed by atoms with Gasteiger partial charge in [0.1, 0.15) is 0 Å². The zero-order valence-corrected chi connectivity index (χ0v) is 20.4. The molecule has 3 amide bonds. The summed E-state index contributed by atoms with van der Waals surface area (Å²) in [6.07, 6.45) is 2.87. The number of halogens is 1. The van der Waals surface area contributed by atoms with Gasteiger partial charge in [-0.2, -0.15) is 0 Å². The van der Waals surface area contributed by atoms with E-state index in [-0.39, 0.29) is 17.9 Å². The van der Waals surface area contributed by atoms with E-state index in [9.17, 15) is 9.59 Å². The first-order valence-corrected chi connectivity index (χ1v) is 12.3. The molecule has 178 valence electrons. The fourth-order valence-corrected chi connectivity index (χ4v) is 4.38. The molecule has 2 aromatic rings. The van der Waals surface area contributed by atoms with Crippen molar-refractivity contribution in [2.75, 3.05) is 44.6 Å². The Balaban J connectivity index is 1.54. The third kappa shape index (κ3) is 7.47. The van der Waals surface area contributed by atoms with Crippen molar-refractivity contribution in [3.8, 4) is 0 Å². The molecule has 0 bridgehead atoms. The van der Waals surface area contributed by atoms with Gasteiger partial charge in [-0.25, -0.2) is 4.79 Å². The van der Waals surface area contributed by atoms with Crippen molar-refractivity contribution in [1.82, 2.24) is 15.1 Å². The van der Waals surface area contributed by atoms with Gasteiger partial charge in [-0.15, -0.1) is 0 Å². The number of hydrogen-bond donors (Lipinski definition) is 2. The quantitative estimate of drug-likeness (QED) is 0.494. The maximum atomic E-state index is 12.8. The number of urea groups is 1. The van der Waals surface area contributed by atoms with Crippen LogP contribution in [0.25, 0.3) is 0 Å². The van der Waals surface area contributed by atoms with E-state index in [1.54, 1.807) is 24.3 Å². The van der Waals surface area contributed by atoms with Gasteiger partial charge in [-0.1, -0.05) is 37.6 Å². The Hall–Kier alpha value is -2.57. The molecule has 1 aliphatic heterocycles. The van der Waals surface area contributed by atoms with E-state index in [1.807, 2.05) is 23.1 Å². The summed E-state index contributed by atoms with van der Waals surface area (Å²) < 4.78 is 0. The second-order valence-corrected chi connectivity index (χ2v) is 8.92. The molecule has 1 heterocycles. The summed E-state index contributed by atoms with van der Waals surface area (Å²) in [4.78, 5) is 29.6. The molecule has 3 rings (SSSR count). The van der Waals surface area contributed by atoms with Crippen molar-refractivity contribution in [2.24, 2.45) is 0 Å². The Kier molecular flexibility index (Phi) is 9.58. The van der Waals surface area contributed by atoms with E-state index in [1.165, 1.54) is 0 Å². The van der Waals surface area contributed by atoms with E-state index in [0.717, 1.165) is 56.7 Å². The molecule has 1 fully saturated rings. The van der Waals surface area contributed by atoms with E-state index >= 15 is 0 Å². The number of carbonyl (C=O) groups is 2. The zero-order valence-electron chi connectivity index (χ0n) is 19.6. The number of amides is 3. The highest BCUT2D eigenvalue weighted by Crippen LogP contribution is 2.28. The molecule has 0 aliphatic carbocycles. The molecule has 6 nitrogen and oxygen atoms in total. The Morgan fingerprint density at radius 1 is 1.12 bits per heavy atom. The number of hydrogen-bond acceptors (Lipinski definition) is 3. The topological polar surface area (TPSA) is 64.7 Å². The first-order valence-electron chi connectivity index (χ1n) is 11.9. The molecule has 0 spiro atoms. The summed E-state index contributed by atoms with van der Waals surface area (Å²) in [5, 5.41) is 6.63. The molecule has 1 saturated heterocycles. The number of likely N-dealkylation sites (tertiary alicyclic amines) is 1. The number of carbonyl (C=O) groups excluding carboxylic acids is 2. The largest absolute Gasteiger partial charge is 0.352 e. The summed E-state index contributed by atoms with van der Waals surface area (Å²) >= 11 is 5.93. The number of piperidine rings is 1. The van der Waals surface area contributed by atoms with Crippen LogP contribution in [-0.4, -0.2) is 61.0 Å². The number of anilines is 1. The first kappa shape index (κ1) is 25.1. The van der Waals surface area contributed by atoms with Crippen LogP contribution in [0.3, 0.4) is 0 Å². The standard InChI is InChI=1S/C26H35ClN4O2/c1-3-30(4-2)16-7-15-28-25(32)21-9-5-8-20(18-21)22-10-6-17-31(19-22)26(33)29-24-13-11-23(27)12-14-24/h5,8-9,11-14,18,22H,3-4,6-7,10,15-17,19H2,1-2H3,(H,28,32)(H,29,33)/t22-/m0/s1. The molecular weight excluding hydrogens is 436 g/mol. The molecule has 2 aromatic carbocycles. The van der Waals surface area contributed by atoms with Crippen LogP contribution in [0.2, 0.25) is 5.02 Å². The molecule has 33 heavy (non-hydrogen) atoms. The SMILES string of the molecule is CCN(CC)CCCNC(=O)c1cccc([C@H]2CCCN(C(=O)Nc3ccc(Cl)cc3)C2)c1. The van der Waals surface area contributed by atoms with Crippen LogP contribution in [0.15, 0.2) is 48.5 Å². The lowest BCUT2D eigenvalue weighted by Gasteiger charge is -2.33. The number of benzene rings is 2. The molecule has 7 heteroatoms. The lowest BCUT2D eigenvalue weighted by atomic mass is 9.89.